The summed E-state index contributed by atoms with van der Waals surface area (Å²) in [7, 11) is 0. The standard InChI is InChI=1S/C15H19BrN2/c1-3-18-10-4-5-15(18)11-17-12(2)13-6-8-14(16)9-7-13/h4-10,12,17H,3,11H2,1-2H3/t12-/m1/s1. The molecule has 0 saturated carbocycles. The van der Waals surface area contributed by atoms with Crippen molar-refractivity contribution >= 4 is 15.9 Å². The van der Waals surface area contributed by atoms with Crippen molar-refractivity contribution in [2.75, 3.05) is 0 Å². The molecule has 2 aromatic rings. The van der Waals surface area contributed by atoms with E-state index in [9.17, 15) is 0 Å². The highest BCUT2D eigenvalue weighted by atomic mass is 79.9. The third kappa shape index (κ3) is 3.24. The highest BCUT2D eigenvalue weighted by Gasteiger charge is 2.06. The molecule has 2 nitrogen and oxygen atoms in total. The first-order valence-electron chi connectivity index (χ1n) is 6.33. The minimum atomic E-state index is 0.360. The minimum Gasteiger partial charge on any atom is -0.351 e. The molecule has 96 valence electrons. The van der Waals surface area contributed by atoms with Gasteiger partial charge >= 0.3 is 0 Å². The van der Waals surface area contributed by atoms with Crippen LogP contribution >= 0.6 is 15.9 Å². The minimum absolute atomic E-state index is 0.360. The molecule has 0 bridgehead atoms. The molecule has 1 heterocycles. The average Bonchev–Trinajstić information content (AvgIpc) is 2.84. The number of nitrogens with zero attached hydrogens (tertiary/aromatic N) is 1. The first kappa shape index (κ1) is 13.4. The Labute approximate surface area is 117 Å². The van der Waals surface area contributed by atoms with Crippen LogP contribution in [-0.4, -0.2) is 4.57 Å². The lowest BCUT2D eigenvalue weighted by atomic mass is 10.1. The van der Waals surface area contributed by atoms with E-state index in [1.54, 1.807) is 0 Å². The Morgan fingerprint density at radius 1 is 1.22 bits per heavy atom. The van der Waals surface area contributed by atoms with Gasteiger partial charge in [-0.05, 0) is 43.7 Å². The SMILES string of the molecule is CCn1cccc1CN[C@H](C)c1ccc(Br)cc1. The monoisotopic (exact) mass is 306 g/mol. The lowest BCUT2D eigenvalue weighted by Gasteiger charge is -2.15. The van der Waals surface area contributed by atoms with Crippen molar-refractivity contribution in [3.63, 3.8) is 0 Å². The van der Waals surface area contributed by atoms with E-state index in [1.807, 2.05) is 0 Å². The first-order chi connectivity index (χ1) is 8.70. The first-order valence-corrected chi connectivity index (χ1v) is 7.13. The van der Waals surface area contributed by atoms with Gasteiger partial charge in [-0.25, -0.2) is 0 Å². The number of hydrogen-bond acceptors (Lipinski definition) is 1. The van der Waals surface area contributed by atoms with Crippen LogP contribution in [0.25, 0.3) is 0 Å². The van der Waals surface area contributed by atoms with Crippen LogP contribution in [0, 0.1) is 0 Å². The molecule has 0 aliphatic rings. The van der Waals surface area contributed by atoms with Crippen molar-refractivity contribution in [2.45, 2.75) is 33.0 Å². The topological polar surface area (TPSA) is 17.0 Å². The zero-order valence-electron chi connectivity index (χ0n) is 10.9. The molecule has 0 unspecified atom stereocenters. The van der Waals surface area contributed by atoms with Crippen molar-refractivity contribution in [1.82, 2.24) is 9.88 Å². The van der Waals surface area contributed by atoms with Crippen LogP contribution < -0.4 is 5.32 Å². The summed E-state index contributed by atoms with van der Waals surface area (Å²) in [5.74, 6) is 0. The Morgan fingerprint density at radius 3 is 2.61 bits per heavy atom. The van der Waals surface area contributed by atoms with Gasteiger partial charge in [0.25, 0.3) is 0 Å². The quantitative estimate of drug-likeness (QED) is 0.879. The van der Waals surface area contributed by atoms with Crippen LogP contribution in [0.2, 0.25) is 0 Å². The number of hydrogen-bond donors (Lipinski definition) is 1. The molecule has 0 saturated heterocycles. The molecule has 0 aliphatic carbocycles. The summed E-state index contributed by atoms with van der Waals surface area (Å²) in [5.41, 5.74) is 2.65. The van der Waals surface area contributed by atoms with Gasteiger partial charge in [0.05, 0.1) is 0 Å². The van der Waals surface area contributed by atoms with Gasteiger partial charge in [0.1, 0.15) is 0 Å². The number of nitrogens with one attached hydrogen (secondary N) is 1. The third-order valence-electron chi connectivity index (χ3n) is 3.22. The molecular formula is C15H19BrN2. The van der Waals surface area contributed by atoms with Gasteiger partial charge in [0, 0.05) is 35.5 Å². The molecule has 3 heteroatoms. The van der Waals surface area contributed by atoms with Crippen LogP contribution in [0.4, 0.5) is 0 Å². The second-order valence-corrected chi connectivity index (χ2v) is 5.36. The number of benzene rings is 1. The van der Waals surface area contributed by atoms with Crippen molar-refractivity contribution in [1.29, 1.82) is 0 Å². The summed E-state index contributed by atoms with van der Waals surface area (Å²) < 4.78 is 3.39. The van der Waals surface area contributed by atoms with Gasteiger partial charge in [-0.15, -0.1) is 0 Å². The fraction of sp³-hybridized carbons (Fsp3) is 0.333. The molecule has 2 rings (SSSR count). The van der Waals surface area contributed by atoms with E-state index < -0.39 is 0 Å². The molecule has 0 fully saturated rings. The van der Waals surface area contributed by atoms with E-state index in [0.717, 1.165) is 17.6 Å². The molecule has 0 aliphatic heterocycles. The Hall–Kier alpha value is -1.06. The molecular weight excluding hydrogens is 288 g/mol. The molecule has 18 heavy (non-hydrogen) atoms. The maximum Gasteiger partial charge on any atom is 0.0364 e. The second kappa shape index (κ2) is 6.21. The van der Waals surface area contributed by atoms with Crippen LogP contribution in [-0.2, 0) is 13.1 Å². The maximum atomic E-state index is 3.56. The summed E-state index contributed by atoms with van der Waals surface area (Å²) in [5, 5.41) is 3.56. The van der Waals surface area contributed by atoms with E-state index in [1.165, 1.54) is 11.3 Å². The summed E-state index contributed by atoms with van der Waals surface area (Å²) in [4.78, 5) is 0. The summed E-state index contributed by atoms with van der Waals surface area (Å²) in [6, 6.07) is 13.1. The van der Waals surface area contributed by atoms with Gasteiger partial charge in [-0.3, -0.25) is 0 Å². The largest absolute Gasteiger partial charge is 0.351 e. The molecule has 0 spiro atoms. The van der Waals surface area contributed by atoms with Gasteiger partial charge < -0.3 is 9.88 Å². The Bertz CT molecular complexity index is 487. The number of aromatic nitrogens is 1. The van der Waals surface area contributed by atoms with E-state index in [0.29, 0.717) is 6.04 Å². The van der Waals surface area contributed by atoms with Crippen LogP contribution in [0.1, 0.15) is 31.1 Å². The highest BCUT2D eigenvalue weighted by Crippen LogP contribution is 2.17. The van der Waals surface area contributed by atoms with Gasteiger partial charge in [0.2, 0.25) is 0 Å². The van der Waals surface area contributed by atoms with E-state index in [4.69, 9.17) is 0 Å². The Morgan fingerprint density at radius 2 is 1.94 bits per heavy atom. The molecule has 1 atom stereocenters. The fourth-order valence-corrected chi connectivity index (χ4v) is 2.31. The smallest absolute Gasteiger partial charge is 0.0364 e. The average molecular weight is 307 g/mol. The van der Waals surface area contributed by atoms with Crippen LogP contribution in [0.3, 0.4) is 0 Å². The molecule has 1 N–H and O–H groups in total. The number of rotatable bonds is 5. The van der Waals surface area contributed by atoms with E-state index >= 15 is 0 Å². The van der Waals surface area contributed by atoms with Gasteiger partial charge in [0.15, 0.2) is 0 Å². The second-order valence-electron chi connectivity index (χ2n) is 4.44. The van der Waals surface area contributed by atoms with Crippen molar-refractivity contribution in [3.8, 4) is 0 Å². The highest BCUT2D eigenvalue weighted by molar-refractivity contribution is 9.10. The fourth-order valence-electron chi connectivity index (χ4n) is 2.05. The predicted molar refractivity (Wildman–Crippen MR) is 79.5 cm³/mol. The van der Waals surface area contributed by atoms with Crippen molar-refractivity contribution < 1.29 is 0 Å². The summed E-state index contributed by atoms with van der Waals surface area (Å²) in [6.45, 7) is 6.29. The van der Waals surface area contributed by atoms with Crippen molar-refractivity contribution in [2.24, 2.45) is 0 Å². The summed E-state index contributed by atoms with van der Waals surface area (Å²) in [6.07, 6.45) is 2.13. The van der Waals surface area contributed by atoms with Crippen LogP contribution in [0.15, 0.2) is 47.1 Å². The zero-order chi connectivity index (χ0) is 13.0. The van der Waals surface area contributed by atoms with Gasteiger partial charge in [-0.2, -0.15) is 0 Å². The predicted octanol–water partition coefficient (Wildman–Crippen LogP) is 4.12. The van der Waals surface area contributed by atoms with Crippen molar-refractivity contribution in [3.05, 3.63) is 58.3 Å². The lowest BCUT2D eigenvalue weighted by molar-refractivity contribution is 0.549. The molecule has 1 aromatic heterocycles. The molecule has 0 amide bonds. The zero-order valence-corrected chi connectivity index (χ0v) is 12.4. The third-order valence-corrected chi connectivity index (χ3v) is 3.75. The van der Waals surface area contributed by atoms with Crippen LogP contribution in [0.5, 0.6) is 0 Å². The van der Waals surface area contributed by atoms with Gasteiger partial charge in [-0.1, -0.05) is 28.1 Å². The van der Waals surface area contributed by atoms with E-state index in [2.05, 4.69) is 82.3 Å². The number of halogens is 1. The maximum absolute atomic E-state index is 3.56. The summed E-state index contributed by atoms with van der Waals surface area (Å²) >= 11 is 3.46. The Balaban J connectivity index is 1.96. The Kier molecular flexibility index (Phi) is 4.61. The molecule has 1 aromatic carbocycles. The normalized spacial score (nSPS) is 12.6. The molecule has 0 radical (unpaired) electrons. The van der Waals surface area contributed by atoms with E-state index in [-0.39, 0.29) is 0 Å². The number of aryl methyl sites for hydroxylation is 1. The lowest BCUT2D eigenvalue weighted by Crippen LogP contribution is -2.19.